The molecule has 0 atom stereocenters. The average molecular weight is 287 g/mol. The highest BCUT2D eigenvalue weighted by Gasteiger charge is 2.18. The molecule has 0 unspecified atom stereocenters. The number of sulfonamides is 1. The normalized spacial score (nSPS) is 11.9. The van der Waals surface area contributed by atoms with Gasteiger partial charge in [-0.05, 0) is 18.6 Å². The number of thiophene rings is 1. The topological polar surface area (TPSA) is 95.1 Å². The Balaban J connectivity index is 2.14. The van der Waals surface area contributed by atoms with Gasteiger partial charge in [-0.2, -0.15) is 0 Å². The highest BCUT2D eigenvalue weighted by atomic mass is 32.2. The minimum Gasteiger partial charge on any atom is -0.391 e. The van der Waals surface area contributed by atoms with E-state index in [4.69, 9.17) is 5.11 Å². The number of aromatic nitrogens is 2. The molecule has 18 heavy (non-hydrogen) atoms. The van der Waals surface area contributed by atoms with Crippen molar-refractivity contribution in [3.05, 3.63) is 34.7 Å². The van der Waals surface area contributed by atoms with Crippen molar-refractivity contribution in [1.29, 1.82) is 0 Å². The van der Waals surface area contributed by atoms with Crippen molar-refractivity contribution in [2.75, 3.05) is 0 Å². The average Bonchev–Trinajstić information content (AvgIpc) is 2.95. The summed E-state index contributed by atoms with van der Waals surface area (Å²) in [5.74, 6) is 0.550. The molecule has 0 fully saturated rings. The van der Waals surface area contributed by atoms with Gasteiger partial charge in [0.1, 0.15) is 10.0 Å². The van der Waals surface area contributed by atoms with Crippen LogP contribution in [0.2, 0.25) is 0 Å². The summed E-state index contributed by atoms with van der Waals surface area (Å²) in [4.78, 5) is 7.41. The van der Waals surface area contributed by atoms with E-state index >= 15 is 0 Å². The Bertz CT molecular complexity index is 617. The van der Waals surface area contributed by atoms with Crippen molar-refractivity contribution in [2.45, 2.75) is 24.3 Å². The van der Waals surface area contributed by atoms with Crippen LogP contribution < -0.4 is 4.72 Å². The van der Waals surface area contributed by atoms with Crippen LogP contribution in [0.3, 0.4) is 0 Å². The smallest absolute Gasteiger partial charge is 0.250 e. The molecule has 98 valence electrons. The van der Waals surface area contributed by atoms with Crippen molar-refractivity contribution < 1.29 is 13.5 Å². The van der Waals surface area contributed by atoms with E-state index in [1.54, 1.807) is 25.4 Å². The number of hydrogen-bond donors (Lipinski definition) is 3. The molecule has 0 amide bonds. The Labute approximate surface area is 109 Å². The third kappa shape index (κ3) is 2.78. The van der Waals surface area contributed by atoms with Gasteiger partial charge in [-0.25, -0.2) is 18.1 Å². The summed E-state index contributed by atoms with van der Waals surface area (Å²) in [6, 6.07) is 1.56. The molecule has 2 aromatic rings. The zero-order valence-corrected chi connectivity index (χ0v) is 11.3. The number of aliphatic hydroxyl groups is 1. The summed E-state index contributed by atoms with van der Waals surface area (Å²) in [5.41, 5.74) is 0.779. The number of aryl methyl sites for hydroxylation is 1. The SMILES string of the molecule is Cc1cc(S(=O)(=O)NCc2ncc[nH]2)sc1CO. The lowest BCUT2D eigenvalue weighted by atomic mass is 10.3. The highest BCUT2D eigenvalue weighted by Crippen LogP contribution is 2.25. The van der Waals surface area contributed by atoms with Crippen LogP contribution >= 0.6 is 11.3 Å². The Morgan fingerprint density at radius 3 is 2.89 bits per heavy atom. The summed E-state index contributed by atoms with van der Waals surface area (Å²) in [6.45, 7) is 1.73. The fourth-order valence-corrected chi connectivity index (χ4v) is 3.89. The van der Waals surface area contributed by atoms with Crippen LogP contribution in [-0.2, 0) is 23.2 Å². The van der Waals surface area contributed by atoms with E-state index in [0.29, 0.717) is 10.7 Å². The molecule has 3 N–H and O–H groups in total. The maximum atomic E-state index is 12.0. The van der Waals surface area contributed by atoms with Crippen molar-refractivity contribution in [3.8, 4) is 0 Å². The predicted molar refractivity (Wildman–Crippen MR) is 67.6 cm³/mol. The van der Waals surface area contributed by atoms with Gasteiger partial charge >= 0.3 is 0 Å². The Hall–Kier alpha value is -1.22. The first-order valence-corrected chi connectivity index (χ1v) is 7.51. The van der Waals surface area contributed by atoms with Crippen LogP contribution in [0.15, 0.2) is 22.7 Å². The maximum absolute atomic E-state index is 12.0. The zero-order valence-electron chi connectivity index (χ0n) is 9.67. The van der Waals surface area contributed by atoms with Crippen LogP contribution in [0.1, 0.15) is 16.3 Å². The minimum absolute atomic E-state index is 0.112. The molecule has 2 heterocycles. The third-order valence-electron chi connectivity index (χ3n) is 2.39. The van der Waals surface area contributed by atoms with Crippen molar-refractivity contribution in [2.24, 2.45) is 0 Å². The molecule has 0 aliphatic rings. The van der Waals surface area contributed by atoms with E-state index in [9.17, 15) is 8.42 Å². The molecule has 0 spiro atoms. The Kier molecular flexibility index (Phi) is 3.81. The largest absolute Gasteiger partial charge is 0.391 e. The van der Waals surface area contributed by atoms with E-state index in [1.807, 2.05) is 0 Å². The first-order chi connectivity index (χ1) is 8.53. The van der Waals surface area contributed by atoms with Crippen molar-refractivity contribution in [1.82, 2.24) is 14.7 Å². The number of rotatable bonds is 5. The second-order valence-corrected chi connectivity index (χ2v) is 6.82. The molecular formula is C10H13N3O3S2. The van der Waals surface area contributed by atoms with Gasteiger partial charge in [-0.3, -0.25) is 0 Å². The van der Waals surface area contributed by atoms with E-state index in [-0.39, 0.29) is 17.4 Å². The van der Waals surface area contributed by atoms with Gasteiger partial charge in [0.2, 0.25) is 10.0 Å². The molecule has 0 aliphatic carbocycles. The lowest BCUT2D eigenvalue weighted by Crippen LogP contribution is -2.22. The monoisotopic (exact) mass is 287 g/mol. The number of nitrogens with one attached hydrogen (secondary N) is 2. The van der Waals surface area contributed by atoms with Gasteiger partial charge in [-0.15, -0.1) is 11.3 Å². The van der Waals surface area contributed by atoms with Gasteiger partial charge in [0, 0.05) is 17.3 Å². The predicted octanol–water partition coefficient (Wildman–Crippen LogP) is 0.750. The second kappa shape index (κ2) is 5.19. The van der Waals surface area contributed by atoms with Crippen molar-refractivity contribution in [3.63, 3.8) is 0 Å². The maximum Gasteiger partial charge on any atom is 0.250 e. The van der Waals surface area contributed by atoms with Gasteiger partial charge in [0.05, 0.1) is 13.2 Å². The summed E-state index contributed by atoms with van der Waals surface area (Å²) in [7, 11) is -3.55. The van der Waals surface area contributed by atoms with Gasteiger partial charge in [-0.1, -0.05) is 0 Å². The summed E-state index contributed by atoms with van der Waals surface area (Å²) in [6.07, 6.45) is 3.19. The van der Waals surface area contributed by atoms with E-state index in [0.717, 1.165) is 16.9 Å². The number of imidazole rings is 1. The lowest BCUT2D eigenvalue weighted by Gasteiger charge is -2.02. The summed E-state index contributed by atoms with van der Waals surface area (Å²) >= 11 is 1.07. The first-order valence-electron chi connectivity index (χ1n) is 5.21. The van der Waals surface area contributed by atoms with Crippen LogP contribution in [0, 0.1) is 6.92 Å². The quantitative estimate of drug-likeness (QED) is 0.756. The fraction of sp³-hybridized carbons (Fsp3) is 0.300. The molecule has 0 aromatic carbocycles. The molecule has 0 aliphatic heterocycles. The van der Waals surface area contributed by atoms with E-state index in [1.165, 1.54) is 0 Å². The summed E-state index contributed by atoms with van der Waals surface area (Å²) in [5, 5.41) is 9.06. The number of nitrogens with zero attached hydrogens (tertiary/aromatic N) is 1. The number of aliphatic hydroxyl groups excluding tert-OH is 1. The lowest BCUT2D eigenvalue weighted by molar-refractivity contribution is 0.285. The molecule has 0 saturated carbocycles. The first kappa shape index (κ1) is 13.2. The molecule has 8 heteroatoms. The van der Waals surface area contributed by atoms with Gasteiger partial charge < -0.3 is 10.1 Å². The van der Waals surface area contributed by atoms with Crippen molar-refractivity contribution >= 4 is 21.4 Å². The number of aromatic amines is 1. The molecule has 0 radical (unpaired) electrons. The Morgan fingerprint density at radius 2 is 2.33 bits per heavy atom. The number of hydrogen-bond acceptors (Lipinski definition) is 5. The van der Waals surface area contributed by atoms with Gasteiger partial charge in [0.15, 0.2) is 0 Å². The van der Waals surface area contributed by atoms with Crippen LogP contribution in [0.25, 0.3) is 0 Å². The van der Waals surface area contributed by atoms with Crippen LogP contribution in [0.5, 0.6) is 0 Å². The fourth-order valence-electron chi connectivity index (χ4n) is 1.41. The second-order valence-electron chi connectivity index (χ2n) is 3.69. The molecule has 0 bridgehead atoms. The molecule has 2 rings (SSSR count). The van der Waals surface area contributed by atoms with Crippen LogP contribution in [0.4, 0.5) is 0 Å². The standard InChI is InChI=1S/C10H13N3O3S2/c1-7-4-10(17-8(7)6-14)18(15,16)13-5-9-11-2-3-12-9/h2-4,13-14H,5-6H2,1H3,(H,11,12). The van der Waals surface area contributed by atoms with E-state index < -0.39 is 10.0 Å². The Morgan fingerprint density at radius 1 is 1.56 bits per heavy atom. The molecule has 6 nitrogen and oxygen atoms in total. The number of H-pyrrole nitrogens is 1. The molecule has 2 aromatic heterocycles. The van der Waals surface area contributed by atoms with E-state index in [2.05, 4.69) is 14.7 Å². The molecule has 0 saturated heterocycles. The van der Waals surface area contributed by atoms with Crippen LogP contribution in [-0.4, -0.2) is 23.5 Å². The van der Waals surface area contributed by atoms with Gasteiger partial charge in [0.25, 0.3) is 0 Å². The minimum atomic E-state index is -3.55. The highest BCUT2D eigenvalue weighted by molar-refractivity contribution is 7.91. The zero-order chi connectivity index (χ0) is 13.2. The summed E-state index contributed by atoms with van der Waals surface area (Å²) < 4.78 is 26.6. The third-order valence-corrected chi connectivity index (χ3v) is 5.49. The molecular weight excluding hydrogens is 274 g/mol.